The largest absolute Gasteiger partial charge is 0.411 e. The van der Waals surface area contributed by atoms with E-state index < -0.39 is 0 Å². The standard InChI is InChI=1S/C9H17NO/c11-10-9-7-5-3-1-2-4-6-8-9/h11H,1-8H2. The molecule has 0 spiro atoms. The SMILES string of the molecule is ON=C1CCCCCCCC1. The van der Waals surface area contributed by atoms with Crippen LogP contribution in [0.15, 0.2) is 5.16 Å². The fourth-order valence-corrected chi connectivity index (χ4v) is 1.59. The summed E-state index contributed by atoms with van der Waals surface area (Å²) in [5.74, 6) is 0. The summed E-state index contributed by atoms with van der Waals surface area (Å²) in [6.07, 6.45) is 9.77. The molecule has 0 aliphatic heterocycles. The van der Waals surface area contributed by atoms with Crippen LogP contribution < -0.4 is 0 Å². The minimum absolute atomic E-state index is 1.01. The average Bonchev–Trinajstić information content (AvgIpc) is 2.16. The van der Waals surface area contributed by atoms with Gasteiger partial charge in [0.1, 0.15) is 0 Å². The molecule has 0 aromatic heterocycles. The van der Waals surface area contributed by atoms with Crippen LogP contribution in [0.4, 0.5) is 0 Å². The fraction of sp³-hybridized carbons (Fsp3) is 0.889. The second-order valence-electron chi connectivity index (χ2n) is 3.29. The number of hydrogen-bond donors (Lipinski definition) is 1. The molecule has 0 radical (unpaired) electrons. The Hall–Kier alpha value is -0.530. The van der Waals surface area contributed by atoms with Crippen LogP contribution in [-0.4, -0.2) is 10.9 Å². The lowest BCUT2D eigenvalue weighted by atomic mass is 10.1. The summed E-state index contributed by atoms with van der Waals surface area (Å²) < 4.78 is 0. The predicted octanol–water partition coefficient (Wildman–Crippen LogP) is 2.95. The molecule has 11 heavy (non-hydrogen) atoms. The van der Waals surface area contributed by atoms with E-state index in [1.807, 2.05) is 0 Å². The molecule has 1 rings (SSSR count). The van der Waals surface area contributed by atoms with Crippen LogP contribution in [0.2, 0.25) is 0 Å². The molecule has 1 N–H and O–H groups in total. The van der Waals surface area contributed by atoms with Crippen LogP contribution in [0, 0.1) is 0 Å². The maximum Gasteiger partial charge on any atom is 0.0570 e. The van der Waals surface area contributed by atoms with E-state index >= 15 is 0 Å². The van der Waals surface area contributed by atoms with Crippen molar-refractivity contribution in [2.24, 2.45) is 5.16 Å². The van der Waals surface area contributed by atoms with Gasteiger partial charge in [0, 0.05) is 0 Å². The van der Waals surface area contributed by atoms with Gasteiger partial charge < -0.3 is 5.21 Å². The van der Waals surface area contributed by atoms with Crippen LogP contribution in [0.5, 0.6) is 0 Å². The third kappa shape index (κ3) is 3.40. The van der Waals surface area contributed by atoms with E-state index in [-0.39, 0.29) is 0 Å². The Kier molecular flexibility index (Phi) is 4.02. The quantitative estimate of drug-likeness (QED) is 0.423. The highest BCUT2D eigenvalue weighted by Crippen LogP contribution is 2.14. The van der Waals surface area contributed by atoms with Gasteiger partial charge in [0.25, 0.3) is 0 Å². The monoisotopic (exact) mass is 155 g/mol. The Balaban J connectivity index is 2.31. The van der Waals surface area contributed by atoms with E-state index in [1.165, 1.54) is 38.5 Å². The van der Waals surface area contributed by atoms with E-state index in [0.717, 1.165) is 18.6 Å². The molecule has 64 valence electrons. The Labute approximate surface area is 68.3 Å². The lowest BCUT2D eigenvalue weighted by Gasteiger charge is -1.99. The first-order chi connectivity index (χ1) is 5.43. The van der Waals surface area contributed by atoms with E-state index in [0.29, 0.717) is 0 Å². The molecule has 0 amide bonds. The van der Waals surface area contributed by atoms with Gasteiger partial charge in [-0.25, -0.2) is 0 Å². The maximum atomic E-state index is 8.59. The summed E-state index contributed by atoms with van der Waals surface area (Å²) >= 11 is 0. The van der Waals surface area contributed by atoms with Crippen molar-refractivity contribution in [1.29, 1.82) is 0 Å². The Morgan fingerprint density at radius 2 is 1.27 bits per heavy atom. The zero-order chi connectivity index (χ0) is 7.94. The van der Waals surface area contributed by atoms with Crippen LogP contribution in [0.3, 0.4) is 0 Å². The topological polar surface area (TPSA) is 32.6 Å². The smallest absolute Gasteiger partial charge is 0.0570 e. The molecule has 1 aliphatic rings. The summed E-state index contributed by atoms with van der Waals surface area (Å²) in [5.41, 5.74) is 1.01. The van der Waals surface area contributed by atoms with Crippen molar-refractivity contribution in [1.82, 2.24) is 0 Å². The van der Waals surface area contributed by atoms with E-state index in [1.54, 1.807) is 0 Å². The predicted molar refractivity (Wildman–Crippen MR) is 46.2 cm³/mol. The number of nitrogens with zero attached hydrogens (tertiary/aromatic N) is 1. The van der Waals surface area contributed by atoms with Crippen molar-refractivity contribution in [3.05, 3.63) is 0 Å². The molecule has 0 bridgehead atoms. The fourth-order valence-electron chi connectivity index (χ4n) is 1.59. The molecule has 1 fully saturated rings. The van der Waals surface area contributed by atoms with E-state index in [9.17, 15) is 0 Å². The summed E-state index contributed by atoms with van der Waals surface area (Å²) in [6, 6.07) is 0. The van der Waals surface area contributed by atoms with Gasteiger partial charge in [0.15, 0.2) is 0 Å². The second-order valence-corrected chi connectivity index (χ2v) is 3.29. The molecular formula is C9H17NO. The molecule has 0 heterocycles. The third-order valence-electron chi connectivity index (χ3n) is 2.32. The van der Waals surface area contributed by atoms with Crippen LogP contribution in [-0.2, 0) is 0 Å². The zero-order valence-electron chi connectivity index (χ0n) is 7.05. The number of hydrogen-bond acceptors (Lipinski definition) is 2. The molecule has 0 aromatic carbocycles. The molecule has 0 aromatic rings. The summed E-state index contributed by atoms with van der Waals surface area (Å²) in [4.78, 5) is 0. The summed E-state index contributed by atoms with van der Waals surface area (Å²) in [7, 11) is 0. The van der Waals surface area contributed by atoms with Gasteiger partial charge in [-0.15, -0.1) is 0 Å². The van der Waals surface area contributed by atoms with Crippen molar-refractivity contribution in [3.63, 3.8) is 0 Å². The van der Waals surface area contributed by atoms with Gasteiger partial charge in [0.05, 0.1) is 5.71 Å². The Bertz CT molecular complexity index is 120. The molecule has 1 saturated carbocycles. The number of rotatable bonds is 0. The van der Waals surface area contributed by atoms with Gasteiger partial charge >= 0.3 is 0 Å². The first-order valence-corrected chi connectivity index (χ1v) is 4.63. The number of oxime groups is 1. The highest BCUT2D eigenvalue weighted by Gasteiger charge is 2.03. The van der Waals surface area contributed by atoms with Crippen molar-refractivity contribution < 1.29 is 5.21 Å². The third-order valence-corrected chi connectivity index (χ3v) is 2.32. The zero-order valence-corrected chi connectivity index (χ0v) is 7.05. The van der Waals surface area contributed by atoms with Gasteiger partial charge in [-0.2, -0.15) is 0 Å². The Morgan fingerprint density at radius 3 is 1.73 bits per heavy atom. The van der Waals surface area contributed by atoms with Crippen molar-refractivity contribution in [3.8, 4) is 0 Å². The van der Waals surface area contributed by atoms with Crippen LogP contribution in [0.1, 0.15) is 51.4 Å². The van der Waals surface area contributed by atoms with Crippen molar-refractivity contribution in [2.75, 3.05) is 0 Å². The second kappa shape index (κ2) is 5.16. The van der Waals surface area contributed by atoms with Gasteiger partial charge in [0.2, 0.25) is 0 Å². The van der Waals surface area contributed by atoms with E-state index in [2.05, 4.69) is 5.16 Å². The maximum absolute atomic E-state index is 8.59. The molecular weight excluding hydrogens is 138 g/mol. The van der Waals surface area contributed by atoms with Gasteiger partial charge in [-0.05, 0) is 25.7 Å². The van der Waals surface area contributed by atoms with E-state index in [4.69, 9.17) is 5.21 Å². The molecule has 2 heteroatoms. The average molecular weight is 155 g/mol. The normalized spacial score (nSPS) is 21.6. The summed E-state index contributed by atoms with van der Waals surface area (Å²) in [6.45, 7) is 0. The molecule has 0 unspecified atom stereocenters. The highest BCUT2D eigenvalue weighted by atomic mass is 16.4. The first-order valence-electron chi connectivity index (χ1n) is 4.63. The van der Waals surface area contributed by atoms with Gasteiger partial charge in [-0.1, -0.05) is 30.8 Å². The van der Waals surface area contributed by atoms with Crippen LogP contribution >= 0.6 is 0 Å². The first kappa shape index (κ1) is 8.57. The minimum atomic E-state index is 1.01. The molecule has 1 aliphatic carbocycles. The lowest BCUT2D eigenvalue weighted by Crippen LogP contribution is -1.96. The van der Waals surface area contributed by atoms with Gasteiger partial charge in [-0.3, -0.25) is 0 Å². The molecule has 0 saturated heterocycles. The van der Waals surface area contributed by atoms with Crippen molar-refractivity contribution >= 4 is 5.71 Å². The summed E-state index contributed by atoms with van der Waals surface area (Å²) in [5, 5.41) is 11.9. The highest BCUT2D eigenvalue weighted by molar-refractivity contribution is 5.83. The Morgan fingerprint density at radius 1 is 0.818 bits per heavy atom. The van der Waals surface area contributed by atoms with Crippen LogP contribution in [0.25, 0.3) is 0 Å². The van der Waals surface area contributed by atoms with Crippen molar-refractivity contribution in [2.45, 2.75) is 51.4 Å². The molecule has 0 atom stereocenters. The lowest BCUT2D eigenvalue weighted by molar-refractivity contribution is 0.315. The minimum Gasteiger partial charge on any atom is -0.411 e. The molecule has 2 nitrogen and oxygen atoms in total.